The summed E-state index contributed by atoms with van der Waals surface area (Å²) in [7, 11) is -15.2. The Morgan fingerprint density at radius 1 is 1.13 bits per heavy atom. The number of phosphoric acid groups is 3. The van der Waals surface area contributed by atoms with Gasteiger partial charge in [0.25, 0.3) is 0 Å². The molecule has 0 spiro atoms. The molecule has 1 rings (SSSR count). The van der Waals surface area contributed by atoms with Crippen molar-refractivity contribution in [3.05, 3.63) is 0 Å². The molecule has 138 valence electrons. The number of phosphoric ester groups is 1. The topological polar surface area (TPSA) is 199 Å². The first-order chi connectivity index (χ1) is 10.2. The molecule has 0 aromatic rings. The molecule has 0 aromatic heterocycles. The second kappa shape index (κ2) is 7.27. The highest BCUT2D eigenvalue weighted by molar-refractivity contribution is 7.66. The molecule has 13 nitrogen and oxygen atoms in total. The van der Waals surface area contributed by atoms with E-state index in [1.165, 1.54) is 0 Å². The summed E-state index contributed by atoms with van der Waals surface area (Å²) in [6, 6.07) is 0. The predicted octanol–water partition coefficient (Wildman–Crippen LogP) is -0.158. The van der Waals surface area contributed by atoms with Gasteiger partial charge in [0.05, 0.1) is 6.10 Å². The molecule has 1 aliphatic heterocycles. The average Bonchev–Trinajstić information content (AvgIpc) is 2.57. The van der Waals surface area contributed by atoms with Crippen LogP contribution in [-0.2, 0) is 36.3 Å². The zero-order valence-corrected chi connectivity index (χ0v) is 14.6. The van der Waals surface area contributed by atoms with Crippen LogP contribution in [0, 0.1) is 0 Å². The Morgan fingerprint density at radius 2 is 1.70 bits per heavy atom. The van der Waals surface area contributed by atoms with Crippen LogP contribution in [0.5, 0.6) is 0 Å². The van der Waals surface area contributed by atoms with Crippen molar-refractivity contribution in [3.8, 4) is 0 Å². The molecule has 16 heteroatoms. The molecule has 2 unspecified atom stereocenters. The van der Waals surface area contributed by atoms with E-state index in [0.29, 0.717) is 0 Å². The van der Waals surface area contributed by atoms with Gasteiger partial charge in [-0.2, -0.15) is 8.62 Å². The Labute approximate surface area is 130 Å². The average molecular weight is 402 g/mol. The quantitative estimate of drug-likeness (QED) is 0.336. The normalized spacial score (nSPS) is 34.0. The number of methoxy groups -OCH3 is 1. The molecule has 5 N–H and O–H groups in total. The first-order valence-corrected chi connectivity index (χ1v) is 10.4. The van der Waals surface area contributed by atoms with E-state index in [2.05, 4.69) is 13.1 Å². The second-order valence-corrected chi connectivity index (χ2v) is 8.98. The fourth-order valence-corrected chi connectivity index (χ4v) is 4.85. The molecular formula is C7H17O13P3. The molecule has 0 aromatic carbocycles. The highest BCUT2D eigenvalue weighted by Crippen LogP contribution is 2.66. The molecule has 0 saturated carbocycles. The maximum Gasteiger partial charge on any atom is 0.490 e. The third-order valence-corrected chi connectivity index (χ3v) is 6.44. The molecule has 1 saturated heterocycles. The van der Waals surface area contributed by atoms with Crippen LogP contribution in [0.2, 0.25) is 0 Å². The van der Waals surface area contributed by atoms with Crippen LogP contribution in [0.15, 0.2) is 0 Å². The lowest BCUT2D eigenvalue weighted by Crippen LogP contribution is -2.45. The summed E-state index contributed by atoms with van der Waals surface area (Å²) in [5.41, 5.74) is 0. The highest BCUT2D eigenvalue weighted by Gasteiger charge is 2.50. The maximum atomic E-state index is 11.6. The van der Waals surface area contributed by atoms with Crippen molar-refractivity contribution in [3.63, 3.8) is 0 Å². The Morgan fingerprint density at radius 3 is 2.09 bits per heavy atom. The maximum absolute atomic E-state index is 11.6. The van der Waals surface area contributed by atoms with Crippen molar-refractivity contribution in [2.45, 2.75) is 31.3 Å². The van der Waals surface area contributed by atoms with E-state index < -0.39 is 48.1 Å². The molecule has 1 aliphatic rings. The van der Waals surface area contributed by atoms with Gasteiger partial charge in [-0.25, -0.2) is 13.7 Å². The number of hydrogen-bond acceptors (Lipinski definition) is 9. The SMILES string of the molecule is CO[C@]1(COP(=O)(O)OP(=O)(O)OP(=O)(O)O)O[C@@H](C)C[C@H]1O. The van der Waals surface area contributed by atoms with Gasteiger partial charge in [0.1, 0.15) is 12.7 Å². The number of aliphatic hydroxyl groups is 1. The van der Waals surface area contributed by atoms with Crippen LogP contribution in [0.4, 0.5) is 0 Å². The van der Waals surface area contributed by atoms with Crippen LogP contribution in [0.3, 0.4) is 0 Å². The van der Waals surface area contributed by atoms with Crippen LogP contribution < -0.4 is 0 Å². The van der Waals surface area contributed by atoms with Gasteiger partial charge in [-0.15, -0.1) is 0 Å². The minimum absolute atomic E-state index is 0.133. The Balaban J connectivity index is 2.74. The van der Waals surface area contributed by atoms with Gasteiger partial charge in [0.15, 0.2) is 0 Å². The lowest BCUT2D eigenvalue weighted by Gasteiger charge is -2.30. The lowest BCUT2D eigenvalue weighted by molar-refractivity contribution is -0.256. The van der Waals surface area contributed by atoms with E-state index >= 15 is 0 Å². The zero-order valence-electron chi connectivity index (χ0n) is 11.9. The van der Waals surface area contributed by atoms with Crippen molar-refractivity contribution in [2.75, 3.05) is 13.7 Å². The third kappa shape index (κ3) is 6.60. The van der Waals surface area contributed by atoms with Crippen molar-refractivity contribution >= 4 is 23.5 Å². The number of hydrogen-bond donors (Lipinski definition) is 5. The number of rotatable bonds is 8. The van der Waals surface area contributed by atoms with Crippen LogP contribution >= 0.6 is 23.5 Å². The largest absolute Gasteiger partial charge is 0.490 e. The standard InChI is InChI=1S/C7H17O13P3/c1-5-3-6(8)7(16-2,18-5)4-17-22(12,13)20-23(14,15)19-21(9,10)11/h5-6,8H,3-4H2,1-2H3,(H,12,13)(H,14,15)(H2,9,10,11)/t5-,6+,7+/m0/s1. The molecule has 1 heterocycles. The Hall–Kier alpha value is 0.290. The van der Waals surface area contributed by atoms with E-state index in [1.807, 2.05) is 0 Å². The number of ether oxygens (including phenoxy) is 2. The monoisotopic (exact) mass is 402 g/mol. The lowest BCUT2D eigenvalue weighted by atomic mass is 10.1. The summed E-state index contributed by atoms with van der Waals surface area (Å²) in [5.74, 6) is -1.81. The molecule has 0 aliphatic carbocycles. The molecule has 0 radical (unpaired) electrons. The minimum atomic E-state index is -5.60. The number of aliphatic hydroxyl groups excluding tert-OH is 1. The summed E-state index contributed by atoms with van der Waals surface area (Å²) < 4.78 is 54.8. The van der Waals surface area contributed by atoms with E-state index in [0.717, 1.165) is 7.11 Å². The van der Waals surface area contributed by atoms with Gasteiger partial charge in [0, 0.05) is 13.5 Å². The molecule has 1 fully saturated rings. The van der Waals surface area contributed by atoms with Crippen molar-refractivity contribution in [2.24, 2.45) is 0 Å². The molecule has 23 heavy (non-hydrogen) atoms. The molecule has 5 atom stereocenters. The van der Waals surface area contributed by atoms with Gasteiger partial charge < -0.3 is 34.2 Å². The summed E-state index contributed by atoms with van der Waals surface area (Å²) in [5, 5.41) is 9.82. The van der Waals surface area contributed by atoms with Crippen molar-refractivity contribution in [1.29, 1.82) is 0 Å². The van der Waals surface area contributed by atoms with Gasteiger partial charge in [-0.1, -0.05) is 0 Å². The van der Waals surface area contributed by atoms with Crippen LogP contribution in [-0.4, -0.2) is 56.4 Å². The van der Waals surface area contributed by atoms with E-state index in [9.17, 15) is 23.7 Å². The third-order valence-electron chi connectivity index (χ3n) is 2.65. The molecular weight excluding hydrogens is 385 g/mol. The summed E-state index contributed by atoms with van der Waals surface area (Å²) in [4.78, 5) is 35.1. The second-order valence-electron chi connectivity index (χ2n) is 4.56. The van der Waals surface area contributed by atoms with Crippen molar-refractivity contribution in [1.82, 2.24) is 0 Å². The highest BCUT2D eigenvalue weighted by atomic mass is 31.3. The summed E-state index contributed by atoms with van der Waals surface area (Å²) in [6.07, 6.45) is -1.56. The Kier molecular flexibility index (Phi) is 6.74. The predicted molar refractivity (Wildman–Crippen MR) is 70.7 cm³/mol. The minimum Gasteiger partial charge on any atom is -0.387 e. The van der Waals surface area contributed by atoms with E-state index in [-0.39, 0.29) is 6.42 Å². The van der Waals surface area contributed by atoms with Gasteiger partial charge in [-0.05, 0) is 6.92 Å². The first kappa shape index (κ1) is 21.3. The Bertz CT molecular complexity index is 558. The van der Waals surface area contributed by atoms with Gasteiger partial charge in [0.2, 0.25) is 5.79 Å². The van der Waals surface area contributed by atoms with Gasteiger partial charge in [-0.3, -0.25) is 4.52 Å². The summed E-state index contributed by atoms with van der Waals surface area (Å²) in [6.45, 7) is 0.716. The first-order valence-electron chi connectivity index (χ1n) is 5.90. The van der Waals surface area contributed by atoms with Crippen LogP contribution in [0.25, 0.3) is 0 Å². The fraction of sp³-hybridized carbons (Fsp3) is 1.00. The van der Waals surface area contributed by atoms with E-state index in [4.69, 9.17) is 24.2 Å². The fourth-order valence-electron chi connectivity index (χ4n) is 1.81. The smallest absolute Gasteiger partial charge is 0.387 e. The summed E-state index contributed by atoms with van der Waals surface area (Å²) >= 11 is 0. The van der Waals surface area contributed by atoms with Crippen LogP contribution in [0.1, 0.15) is 13.3 Å². The van der Waals surface area contributed by atoms with Gasteiger partial charge >= 0.3 is 23.5 Å². The molecule has 0 bridgehead atoms. The van der Waals surface area contributed by atoms with Crippen molar-refractivity contribution < 1.29 is 61.0 Å². The zero-order chi connectivity index (χ0) is 18.1. The van der Waals surface area contributed by atoms with E-state index in [1.54, 1.807) is 6.92 Å². The molecule has 0 amide bonds.